The molecule has 0 bridgehead atoms. The van der Waals surface area contributed by atoms with E-state index in [1.807, 2.05) is 12.3 Å². The molecule has 0 saturated carbocycles. The van der Waals surface area contributed by atoms with Crippen molar-refractivity contribution in [3.63, 3.8) is 0 Å². The van der Waals surface area contributed by atoms with E-state index < -0.39 is 0 Å². The fourth-order valence-electron chi connectivity index (χ4n) is 2.68. The molecule has 0 atom stereocenters. The average molecular weight is 283 g/mol. The second-order valence-corrected chi connectivity index (χ2v) is 6.70. The molecule has 0 radical (unpaired) electrons. The molecule has 1 aromatic carbocycles. The second kappa shape index (κ2) is 4.82. The molecule has 4 heteroatoms. The Balaban J connectivity index is 2.06. The Kier molecular flexibility index (Phi) is 3.34. The minimum Gasteiger partial charge on any atom is -0.399 e. The zero-order chi connectivity index (χ0) is 15.3. The summed E-state index contributed by atoms with van der Waals surface area (Å²) in [6.45, 7) is 10.5. The molecule has 1 aliphatic rings. The van der Waals surface area contributed by atoms with Crippen LogP contribution in [0.4, 0.5) is 0 Å². The summed E-state index contributed by atoms with van der Waals surface area (Å²) in [5.74, 6) is 0. The lowest BCUT2D eigenvalue weighted by molar-refractivity contribution is 0.00578. The Morgan fingerprint density at radius 2 is 1.76 bits per heavy atom. The van der Waals surface area contributed by atoms with Gasteiger partial charge < -0.3 is 9.31 Å². The van der Waals surface area contributed by atoms with Gasteiger partial charge in [0.15, 0.2) is 0 Å². The standard InChI is InChI=1S/C17H22BNO2/c1-6-12-10-14(11-13-8-7-9-19-15(12)13)18-20-16(2,3)17(4,5)21-18/h7-11H,6H2,1-5H3. The maximum atomic E-state index is 6.16. The van der Waals surface area contributed by atoms with Crippen LogP contribution in [0.5, 0.6) is 0 Å². The van der Waals surface area contributed by atoms with Crippen molar-refractivity contribution in [1.82, 2.24) is 4.98 Å². The minimum atomic E-state index is -0.315. The summed E-state index contributed by atoms with van der Waals surface area (Å²) >= 11 is 0. The number of hydrogen-bond acceptors (Lipinski definition) is 3. The van der Waals surface area contributed by atoms with E-state index in [2.05, 4.69) is 57.8 Å². The highest BCUT2D eigenvalue weighted by atomic mass is 16.7. The molecule has 3 nitrogen and oxygen atoms in total. The van der Waals surface area contributed by atoms with Gasteiger partial charge in [-0.1, -0.05) is 25.1 Å². The van der Waals surface area contributed by atoms with Crippen molar-refractivity contribution < 1.29 is 9.31 Å². The Hall–Kier alpha value is -1.39. The molecule has 0 amide bonds. The zero-order valence-corrected chi connectivity index (χ0v) is 13.4. The van der Waals surface area contributed by atoms with Gasteiger partial charge in [-0.15, -0.1) is 0 Å². The smallest absolute Gasteiger partial charge is 0.399 e. The summed E-state index contributed by atoms with van der Waals surface area (Å²) in [4.78, 5) is 4.50. The number of aromatic nitrogens is 1. The molecule has 110 valence electrons. The van der Waals surface area contributed by atoms with Gasteiger partial charge in [0.05, 0.1) is 16.7 Å². The Morgan fingerprint density at radius 3 is 2.38 bits per heavy atom. The largest absolute Gasteiger partial charge is 0.494 e. The molecule has 2 aromatic rings. The van der Waals surface area contributed by atoms with Crippen LogP contribution in [0.1, 0.15) is 40.2 Å². The summed E-state index contributed by atoms with van der Waals surface area (Å²) in [5.41, 5.74) is 2.76. The number of hydrogen-bond donors (Lipinski definition) is 0. The fraction of sp³-hybridized carbons (Fsp3) is 0.471. The van der Waals surface area contributed by atoms with Gasteiger partial charge in [0.2, 0.25) is 0 Å². The van der Waals surface area contributed by atoms with Crippen molar-refractivity contribution in [2.75, 3.05) is 0 Å². The summed E-state index contributed by atoms with van der Waals surface area (Å²) in [5, 5.41) is 1.14. The van der Waals surface area contributed by atoms with Gasteiger partial charge in [0.1, 0.15) is 0 Å². The van der Waals surface area contributed by atoms with Crippen LogP contribution in [-0.4, -0.2) is 23.3 Å². The molecule has 0 N–H and O–H groups in total. The molecular formula is C17H22BNO2. The van der Waals surface area contributed by atoms with Gasteiger partial charge in [0.25, 0.3) is 0 Å². The van der Waals surface area contributed by atoms with Crippen LogP contribution in [0.15, 0.2) is 30.5 Å². The van der Waals surface area contributed by atoms with Crippen LogP contribution in [0.3, 0.4) is 0 Å². The first-order valence-corrected chi connectivity index (χ1v) is 7.57. The van der Waals surface area contributed by atoms with Crippen molar-refractivity contribution in [3.05, 3.63) is 36.0 Å². The first kappa shape index (κ1) is 14.5. The fourth-order valence-corrected chi connectivity index (χ4v) is 2.68. The first-order valence-electron chi connectivity index (χ1n) is 7.57. The van der Waals surface area contributed by atoms with Gasteiger partial charge in [0, 0.05) is 11.6 Å². The first-order chi connectivity index (χ1) is 9.84. The van der Waals surface area contributed by atoms with E-state index in [1.54, 1.807) is 0 Å². The lowest BCUT2D eigenvalue weighted by Gasteiger charge is -2.32. The van der Waals surface area contributed by atoms with Crippen LogP contribution in [-0.2, 0) is 15.7 Å². The van der Waals surface area contributed by atoms with Crippen LogP contribution in [0.25, 0.3) is 10.9 Å². The third-order valence-corrected chi connectivity index (χ3v) is 4.71. The molecule has 0 spiro atoms. The number of fused-ring (bicyclic) bond motifs is 1. The van der Waals surface area contributed by atoms with E-state index in [0.29, 0.717) is 0 Å². The molecule has 1 aliphatic heterocycles. The van der Waals surface area contributed by atoms with E-state index in [1.165, 1.54) is 5.56 Å². The van der Waals surface area contributed by atoms with Crippen LogP contribution in [0, 0.1) is 0 Å². The summed E-state index contributed by atoms with van der Waals surface area (Å²) in [7, 11) is -0.315. The quantitative estimate of drug-likeness (QED) is 0.794. The molecule has 0 unspecified atom stereocenters. The van der Waals surface area contributed by atoms with Gasteiger partial charge in [-0.25, -0.2) is 0 Å². The van der Waals surface area contributed by atoms with Gasteiger partial charge in [-0.05, 0) is 51.2 Å². The zero-order valence-electron chi connectivity index (χ0n) is 13.4. The van der Waals surface area contributed by atoms with Crippen LogP contribution < -0.4 is 5.46 Å². The van der Waals surface area contributed by atoms with E-state index in [4.69, 9.17) is 9.31 Å². The normalized spacial score (nSPS) is 20.1. The summed E-state index contributed by atoms with van der Waals surface area (Å²) < 4.78 is 12.3. The van der Waals surface area contributed by atoms with Crippen molar-refractivity contribution in [1.29, 1.82) is 0 Å². The Bertz CT molecular complexity index is 666. The maximum absolute atomic E-state index is 6.16. The highest BCUT2D eigenvalue weighted by molar-refractivity contribution is 6.62. The number of rotatable bonds is 2. The molecule has 1 saturated heterocycles. The lowest BCUT2D eigenvalue weighted by Crippen LogP contribution is -2.41. The van der Waals surface area contributed by atoms with E-state index in [-0.39, 0.29) is 18.3 Å². The Morgan fingerprint density at radius 1 is 1.10 bits per heavy atom. The van der Waals surface area contributed by atoms with Crippen molar-refractivity contribution in [3.8, 4) is 0 Å². The number of nitrogens with zero attached hydrogens (tertiary/aromatic N) is 1. The molecule has 1 aromatic heterocycles. The van der Waals surface area contributed by atoms with E-state index >= 15 is 0 Å². The molecule has 2 heterocycles. The van der Waals surface area contributed by atoms with Crippen molar-refractivity contribution in [2.24, 2.45) is 0 Å². The molecule has 0 aliphatic carbocycles. The summed E-state index contributed by atoms with van der Waals surface area (Å²) in [6.07, 6.45) is 2.79. The highest BCUT2D eigenvalue weighted by Crippen LogP contribution is 2.36. The van der Waals surface area contributed by atoms with Crippen molar-refractivity contribution >= 4 is 23.5 Å². The van der Waals surface area contributed by atoms with Crippen molar-refractivity contribution in [2.45, 2.75) is 52.2 Å². The maximum Gasteiger partial charge on any atom is 0.494 e. The van der Waals surface area contributed by atoms with Gasteiger partial charge >= 0.3 is 7.12 Å². The molecular weight excluding hydrogens is 261 g/mol. The lowest BCUT2D eigenvalue weighted by atomic mass is 9.77. The van der Waals surface area contributed by atoms with Crippen LogP contribution >= 0.6 is 0 Å². The molecule has 1 fully saturated rings. The Labute approximate surface area is 126 Å². The summed E-state index contributed by atoms with van der Waals surface area (Å²) in [6, 6.07) is 8.35. The van der Waals surface area contributed by atoms with Crippen LogP contribution in [0.2, 0.25) is 0 Å². The predicted octanol–water partition coefficient (Wildman–Crippen LogP) is 3.10. The predicted molar refractivity (Wildman–Crippen MR) is 86.8 cm³/mol. The number of aryl methyl sites for hydroxylation is 1. The van der Waals surface area contributed by atoms with E-state index in [0.717, 1.165) is 22.8 Å². The highest BCUT2D eigenvalue weighted by Gasteiger charge is 2.51. The number of benzene rings is 1. The third kappa shape index (κ3) is 2.36. The molecule has 3 rings (SSSR count). The SMILES string of the molecule is CCc1cc(B2OC(C)(C)C(C)(C)O2)cc2cccnc12. The number of pyridine rings is 1. The van der Waals surface area contributed by atoms with Gasteiger partial charge in [-0.3, -0.25) is 4.98 Å². The van der Waals surface area contributed by atoms with E-state index in [9.17, 15) is 0 Å². The average Bonchev–Trinajstić information content (AvgIpc) is 2.66. The third-order valence-electron chi connectivity index (χ3n) is 4.71. The van der Waals surface area contributed by atoms with Gasteiger partial charge in [-0.2, -0.15) is 0 Å². The second-order valence-electron chi connectivity index (χ2n) is 6.70. The topological polar surface area (TPSA) is 31.4 Å². The monoisotopic (exact) mass is 283 g/mol. The minimum absolute atomic E-state index is 0.312. The molecule has 21 heavy (non-hydrogen) atoms.